The fraction of sp³-hybridized carbons (Fsp3) is 0.333. The average Bonchev–Trinajstić information content (AvgIpc) is 2.75. The molecule has 1 unspecified atom stereocenters. The standard InChI is InChI=1S/C12H13Cl2N3O2/c1-12(18,6-17-7-15-11(16-17)19-2)9-4-3-8(13)5-10(9)14/h3-5,7,18H,6H2,1-2H3. The molecule has 2 rings (SSSR count). The maximum atomic E-state index is 10.5. The molecule has 0 aliphatic heterocycles. The predicted molar refractivity (Wildman–Crippen MR) is 72.6 cm³/mol. The molecule has 2 aromatic rings. The molecule has 0 radical (unpaired) electrons. The largest absolute Gasteiger partial charge is 0.466 e. The highest BCUT2D eigenvalue weighted by molar-refractivity contribution is 6.35. The van der Waals surface area contributed by atoms with E-state index in [-0.39, 0.29) is 12.6 Å². The summed E-state index contributed by atoms with van der Waals surface area (Å²) in [5, 5.41) is 15.5. The first kappa shape index (κ1) is 14.1. The second-order valence-corrected chi connectivity index (χ2v) is 5.17. The van der Waals surface area contributed by atoms with Crippen molar-refractivity contribution in [3.8, 4) is 6.01 Å². The van der Waals surface area contributed by atoms with Crippen molar-refractivity contribution in [2.45, 2.75) is 19.1 Å². The Bertz CT molecular complexity index is 584. The lowest BCUT2D eigenvalue weighted by Crippen LogP contribution is -2.28. The number of aliphatic hydroxyl groups is 1. The maximum absolute atomic E-state index is 10.5. The van der Waals surface area contributed by atoms with E-state index < -0.39 is 5.60 Å². The first-order valence-electron chi connectivity index (χ1n) is 5.54. The lowest BCUT2D eigenvalue weighted by molar-refractivity contribution is 0.0344. The Balaban J connectivity index is 2.26. The molecule has 5 nitrogen and oxygen atoms in total. The summed E-state index contributed by atoms with van der Waals surface area (Å²) in [7, 11) is 1.48. The van der Waals surface area contributed by atoms with Crippen LogP contribution in [0.25, 0.3) is 0 Å². The summed E-state index contributed by atoms with van der Waals surface area (Å²) in [4.78, 5) is 3.91. The van der Waals surface area contributed by atoms with Crippen LogP contribution < -0.4 is 4.74 Å². The van der Waals surface area contributed by atoms with Gasteiger partial charge in [-0.2, -0.15) is 4.98 Å². The second-order valence-electron chi connectivity index (χ2n) is 4.33. The van der Waals surface area contributed by atoms with E-state index in [2.05, 4.69) is 10.1 Å². The third kappa shape index (κ3) is 3.18. The zero-order chi connectivity index (χ0) is 14.0. The van der Waals surface area contributed by atoms with Crippen molar-refractivity contribution in [2.24, 2.45) is 0 Å². The van der Waals surface area contributed by atoms with Gasteiger partial charge >= 0.3 is 6.01 Å². The topological polar surface area (TPSA) is 60.2 Å². The average molecular weight is 302 g/mol. The first-order valence-corrected chi connectivity index (χ1v) is 6.29. The molecule has 1 aromatic heterocycles. The van der Waals surface area contributed by atoms with E-state index in [9.17, 15) is 5.11 Å². The van der Waals surface area contributed by atoms with Gasteiger partial charge in [0, 0.05) is 15.6 Å². The van der Waals surface area contributed by atoms with Crippen molar-refractivity contribution in [1.29, 1.82) is 0 Å². The molecule has 0 fully saturated rings. The fourth-order valence-corrected chi connectivity index (χ4v) is 2.39. The van der Waals surface area contributed by atoms with Gasteiger partial charge in [-0.05, 0) is 19.1 Å². The van der Waals surface area contributed by atoms with E-state index in [0.717, 1.165) is 0 Å². The Morgan fingerprint density at radius 3 is 2.74 bits per heavy atom. The van der Waals surface area contributed by atoms with Crippen LogP contribution in [0.3, 0.4) is 0 Å². The minimum absolute atomic E-state index is 0.199. The summed E-state index contributed by atoms with van der Waals surface area (Å²) in [5.74, 6) is 0. The summed E-state index contributed by atoms with van der Waals surface area (Å²) >= 11 is 11.9. The fourth-order valence-electron chi connectivity index (χ4n) is 1.77. The van der Waals surface area contributed by atoms with E-state index in [4.69, 9.17) is 27.9 Å². The molecular formula is C12H13Cl2N3O2. The van der Waals surface area contributed by atoms with Crippen LogP contribution in [0.2, 0.25) is 10.0 Å². The molecule has 0 spiro atoms. The van der Waals surface area contributed by atoms with Gasteiger partial charge in [0.1, 0.15) is 11.9 Å². The highest BCUT2D eigenvalue weighted by atomic mass is 35.5. The predicted octanol–water partition coefficient (Wildman–Crippen LogP) is 2.50. The summed E-state index contributed by atoms with van der Waals surface area (Å²) in [6.45, 7) is 1.85. The quantitative estimate of drug-likeness (QED) is 0.942. The smallest absolute Gasteiger partial charge is 0.335 e. The molecule has 1 atom stereocenters. The van der Waals surface area contributed by atoms with Gasteiger partial charge in [-0.25, -0.2) is 4.68 Å². The van der Waals surface area contributed by atoms with Crippen LogP contribution >= 0.6 is 23.2 Å². The maximum Gasteiger partial charge on any atom is 0.335 e. The van der Waals surface area contributed by atoms with Gasteiger partial charge in [-0.1, -0.05) is 29.3 Å². The van der Waals surface area contributed by atoms with Crippen LogP contribution in [0.4, 0.5) is 0 Å². The first-order chi connectivity index (χ1) is 8.92. The SMILES string of the molecule is COc1ncn(CC(C)(O)c2ccc(Cl)cc2Cl)n1. The van der Waals surface area contributed by atoms with Crippen molar-refractivity contribution in [3.63, 3.8) is 0 Å². The van der Waals surface area contributed by atoms with Crippen LogP contribution in [0.1, 0.15) is 12.5 Å². The molecule has 0 bridgehead atoms. The second kappa shape index (κ2) is 5.36. The van der Waals surface area contributed by atoms with Gasteiger partial charge in [0.2, 0.25) is 0 Å². The number of hydrogen-bond donors (Lipinski definition) is 1. The van der Waals surface area contributed by atoms with Gasteiger partial charge in [-0.15, -0.1) is 5.10 Å². The molecule has 19 heavy (non-hydrogen) atoms. The van der Waals surface area contributed by atoms with Crippen molar-refractivity contribution in [2.75, 3.05) is 7.11 Å². The molecular weight excluding hydrogens is 289 g/mol. The Labute approximate surface area is 120 Å². The summed E-state index contributed by atoms with van der Waals surface area (Å²) in [6, 6.07) is 5.21. The van der Waals surface area contributed by atoms with E-state index in [0.29, 0.717) is 15.6 Å². The third-order valence-corrected chi connectivity index (χ3v) is 3.23. The van der Waals surface area contributed by atoms with Crippen LogP contribution in [0.5, 0.6) is 6.01 Å². The minimum atomic E-state index is -1.19. The number of halogens is 2. The highest BCUT2D eigenvalue weighted by Gasteiger charge is 2.27. The Morgan fingerprint density at radius 1 is 1.42 bits per heavy atom. The Morgan fingerprint density at radius 2 is 2.16 bits per heavy atom. The molecule has 0 aliphatic rings. The highest BCUT2D eigenvalue weighted by Crippen LogP contribution is 2.31. The number of benzene rings is 1. The van der Waals surface area contributed by atoms with Gasteiger partial charge in [-0.3, -0.25) is 0 Å². The molecule has 0 saturated heterocycles. The number of aromatic nitrogens is 3. The molecule has 0 saturated carbocycles. The van der Waals surface area contributed by atoms with Gasteiger partial charge < -0.3 is 9.84 Å². The van der Waals surface area contributed by atoms with Crippen molar-refractivity contribution in [3.05, 3.63) is 40.1 Å². The minimum Gasteiger partial charge on any atom is -0.466 e. The van der Waals surface area contributed by atoms with Gasteiger partial charge in [0.05, 0.1) is 13.7 Å². The molecule has 1 N–H and O–H groups in total. The number of rotatable bonds is 4. The van der Waals surface area contributed by atoms with Crippen LogP contribution in [-0.4, -0.2) is 27.0 Å². The number of hydrogen-bond acceptors (Lipinski definition) is 4. The molecule has 102 valence electrons. The zero-order valence-corrected chi connectivity index (χ0v) is 12.0. The van der Waals surface area contributed by atoms with Gasteiger partial charge in [0.25, 0.3) is 0 Å². The number of methoxy groups -OCH3 is 1. The summed E-state index contributed by atoms with van der Waals surface area (Å²) in [6.07, 6.45) is 1.48. The number of nitrogens with zero attached hydrogens (tertiary/aromatic N) is 3. The van der Waals surface area contributed by atoms with E-state index >= 15 is 0 Å². The molecule has 1 aromatic carbocycles. The van der Waals surface area contributed by atoms with E-state index in [1.165, 1.54) is 18.1 Å². The monoisotopic (exact) mass is 301 g/mol. The molecule has 0 aliphatic carbocycles. The summed E-state index contributed by atoms with van der Waals surface area (Å²) in [5.41, 5.74) is -0.617. The Hall–Kier alpha value is -1.30. The van der Waals surface area contributed by atoms with Crippen LogP contribution in [-0.2, 0) is 12.1 Å². The lowest BCUT2D eigenvalue weighted by atomic mass is 9.96. The zero-order valence-electron chi connectivity index (χ0n) is 10.5. The van der Waals surface area contributed by atoms with Crippen molar-refractivity contribution in [1.82, 2.24) is 14.8 Å². The summed E-state index contributed by atoms with van der Waals surface area (Å²) < 4.78 is 6.38. The molecule has 7 heteroatoms. The van der Waals surface area contributed by atoms with Crippen LogP contribution in [0, 0.1) is 0 Å². The number of ether oxygens (including phenoxy) is 1. The van der Waals surface area contributed by atoms with E-state index in [1.807, 2.05) is 0 Å². The molecule has 0 amide bonds. The third-order valence-electron chi connectivity index (χ3n) is 2.68. The van der Waals surface area contributed by atoms with Crippen LogP contribution in [0.15, 0.2) is 24.5 Å². The Kier molecular flexibility index (Phi) is 3.99. The van der Waals surface area contributed by atoms with Crippen molar-refractivity contribution >= 4 is 23.2 Å². The molecule has 1 heterocycles. The normalized spacial score (nSPS) is 14.2. The lowest BCUT2D eigenvalue weighted by Gasteiger charge is -2.24. The van der Waals surface area contributed by atoms with Crippen molar-refractivity contribution < 1.29 is 9.84 Å². The van der Waals surface area contributed by atoms with E-state index in [1.54, 1.807) is 25.1 Å². The van der Waals surface area contributed by atoms with Gasteiger partial charge in [0.15, 0.2) is 0 Å².